The van der Waals surface area contributed by atoms with E-state index in [0.717, 1.165) is 17.7 Å². The van der Waals surface area contributed by atoms with Crippen LogP contribution in [-0.4, -0.2) is 15.9 Å². The van der Waals surface area contributed by atoms with Gasteiger partial charge in [0, 0.05) is 5.69 Å². The quantitative estimate of drug-likeness (QED) is 0.778. The van der Waals surface area contributed by atoms with Crippen LogP contribution in [0.15, 0.2) is 39.8 Å². The van der Waals surface area contributed by atoms with Crippen LogP contribution in [-0.2, 0) is 6.42 Å². The number of nitrogens with zero attached hydrogens (tertiary/aromatic N) is 1. The Bertz CT molecular complexity index is 908. The van der Waals surface area contributed by atoms with Crippen molar-refractivity contribution in [2.75, 3.05) is 5.32 Å². The molecular weight excluding hydrogens is 282 g/mol. The van der Waals surface area contributed by atoms with E-state index >= 15 is 0 Å². The number of carbonyl (C=O) groups is 1. The van der Waals surface area contributed by atoms with Gasteiger partial charge >= 0.3 is 0 Å². The van der Waals surface area contributed by atoms with Crippen molar-refractivity contribution in [1.82, 2.24) is 9.97 Å². The molecule has 0 saturated carbocycles. The lowest BCUT2D eigenvalue weighted by atomic mass is 10.1. The molecule has 2 N–H and O–H groups in total. The van der Waals surface area contributed by atoms with Gasteiger partial charge in [-0.25, -0.2) is 4.98 Å². The van der Waals surface area contributed by atoms with E-state index in [9.17, 15) is 9.59 Å². The maximum absolute atomic E-state index is 12.6. The molecule has 0 fully saturated rings. The largest absolute Gasteiger partial charge is 0.442 e. The number of amides is 1. The van der Waals surface area contributed by atoms with Gasteiger partial charge < -0.3 is 14.7 Å². The van der Waals surface area contributed by atoms with Gasteiger partial charge in [-0.1, -0.05) is 25.1 Å². The minimum Gasteiger partial charge on any atom is -0.442 e. The Morgan fingerprint density at radius 3 is 2.91 bits per heavy atom. The zero-order chi connectivity index (χ0) is 15.7. The summed E-state index contributed by atoms with van der Waals surface area (Å²) in [7, 11) is 0. The summed E-state index contributed by atoms with van der Waals surface area (Å²) in [5.41, 5.74) is 1.73. The third-order valence-electron chi connectivity index (χ3n) is 3.54. The standard InChI is InChI=1S/C16H15N3O3/c1-3-10-6-4-5-7-11(10)19-15(21)12-9(2)22-16-13(12)14(20)17-8-18-16/h4-8H,3H2,1-2H3,(H,19,21)(H,17,18,20). The molecule has 0 aliphatic carbocycles. The van der Waals surface area contributed by atoms with Crippen LogP contribution in [0, 0.1) is 6.92 Å². The van der Waals surface area contributed by atoms with Gasteiger partial charge in [0.1, 0.15) is 11.1 Å². The van der Waals surface area contributed by atoms with Gasteiger partial charge in [-0.15, -0.1) is 0 Å². The second-order valence-electron chi connectivity index (χ2n) is 4.91. The summed E-state index contributed by atoms with van der Waals surface area (Å²) >= 11 is 0. The molecule has 3 rings (SSSR count). The number of aromatic nitrogens is 2. The summed E-state index contributed by atoms with van der Waals surface area (Å²) < 4.78 is 5.40. The SMILES string of the molecule is CCc1ccccc1NC(=O)c1c(C)oc2nc[nH]c(=O)c12. The average molecular weight is 297 g/mol. The highest BCUT2D eigenvalue weighted by atomic mass is 16.3. The number of fused-ring (bicyclic) bond motifs is 1. The van der Waals surface area contributed by atoms with Crippen LogP contribution in [0.4, 0.5) is 5.69 Å². The summed E-state index contributed by atoms with van der Waals surface area (Å²) in [5, 5.41) is 3.02. The number of H-pyrrole nitrogens is 1. The number of benzene rings is 1. The zero-order valence-electron chi connectivity index (χ0n) is 12.3. The fourth-order valence-corrected chi connectivity index (χ4v) is 2.46. The third kappa shape index (κ3) is 2.28. The Morgan fingerprint density at radius 2 is 2.14 bits per heavy atom. The smallest absolute Gasteiger partial charge is 0.262 e. The number of furan rings is 1. The topological polar surface area (TPSA) is 88.0 Å². The van der Waals surface area contributed by atoms with Crippen molar-refractivity contribution in [3.05, 3.63) is 57.8 Å². The molecule has 1 amide bonds. The van der Waals surface area contributed by atoms with Gasteiger partial charge in [-0.05, 0) is 25.0 Å². The number of anilines is 1. The van der Waals surface area contributed by atoms with Crippen LogP contribution in [0.25, 0.3) is 11.1 Å². The second-order valence-corrected chi connectivity index (χ2v) is 4.91. The predicted molar refractivity (Wildman–Crippen MR) is 83.1 cm³/mol. The first-order valence-electron chi connectivity index (χ1n) is 6.97. The maximum Gasteiger partial charge on any atom is 0.262 e. The molecule has 3 aromatic rings. The second kappa shape index (κ2) is 5.48. The number of carbonyl (C=O) groups excluding carboxylic acids is 1. The number of aromatic amines is 1. The molecule has 1 aromatic carbocycles. The minimum atomic E-state index is -0.393. The fraction of sp³-hybridized carbons (Fsp3) is 0.188. The van der Waals surface area contributed by atoms with E-state index in [2.05, 4.69) is 15.3 Å². The Labute approximate surface area is 126 Å². The molecule has 2 heterocycles. The van der Waals surface area contributed by atoms with Crippen molar-refractivity contribution in [2.45, 2.75) is 20.3 Å². The first-order chi connectivity index (χ1) is 10.6. The summed E-state index contributed by atoms with van der Waals surface area (Å²) in [6, 6.07) is 7.55. The van der Waals surface area contributed by atoms with Crippen LogP contribution in [0.2, 0.25) is 0 Å². The average Bonchev–Trinajstić information content (AvgIpc) is 2.85. The molecule has 0 spiro atoms. The highest BCUT2D eigenvalue weighted by molar-refractivity contribution is 6.12. The molecule has 0 saturated heterocycles. The lowest BCUT2D eigenvalue weighted by Crippen LogP contribution is -2.17. The first kappa shape index (κ1) is 14.1. The van der Waals surface area contributed by atoms with E-state index in [1.165, 1.54) is 6.33 Å². The number of nitrogens with one attached hydrogen (secondary N) is 2. The normalized spacial score (nSPS) is 10.8. The summed E-state index contributed by atoms with van der Waals surface area (Å²) in [5.74, 6) is -0.0127. The highest BCUT2D eigenvalue weighted by Crippen LogP contribution is 2.23. The molecule has 6 heteroatoms. The van der Waals surface area contributed by atoms with Crippen molar-refractivity contribution in [3.63, 3.8) is 0 Å². The molecule has 0 unspecified atom stereocenters. The summed E-state index contributed by atoms with van der Waals surface area (Å²) in [4.78, 5) is 30.9. The number of hydrogen-bond acceptors (Lipinski definition) is 4. The Morgan fingerprint density at radius 1 is 1.36 bits per heavy atom. The lowest BCUT2D eigenvalue weighted by Gasteiger charge is -2.09. The first-order valence-corrected chi connectivity index (χ1v) is 6.97. The molecular formula is C16H15N3O3. The minimum absolute atomic E-state index is 0.162. The predicted octanol–water partition coefficient (Wildman–Crippen LogP) is 2.64. The van der Waals surface area contributed by atoms with E-state index in [1.807, 2.05) is 31.2 Å². The number of rotatable bonds is 3. The molecule has 0 aliphatic heterocycles. The van der Waals surface area contributed by atoms with Gasteiger partial charge in [-0.2, -0.15) is 0 Å². The van der Waals surface area contributed by atoms with Crippen molar-refractivity contribution in [1.29, 1.82) is 0 Å². The molecule has 6 nitrogen and oxygen atoms in total. The third-order valence-corrected chi connectivity index (χ3v) is 3.54. The van der Waals surface area contributed by atoms with Crippen molar-refractivity contribution < 1.29 is 9.21 Å². The highest BCUT2D eigenvalue weighted by Gasteiger charge is 2.22. The molecule has 0 atom stereocenters. The van der Waals surface area contributed by atoms with Crippen LogP contribution in [0.3, 0.4) is 0 Å². The number of para-hydroxylation sites is 1. The monoisotopic (exact) mass is 297 g/mol. The van der Waals surface area contributed by atoms with Crippen LogP contribution >= 0.6 is 0 Å². The molecule has 2 aromatic heterocycles. The van der Waals surface area contributed by atoms with Crippen molar-refractivity contribution >= 4 is 22.7 Å². The van der Waals surface area contributed by atoms with Crippen LogP contribution in [0.5, 0.6) is 0 Å². The molecule has 0 bridgehead atoms. The van der Waals surface area contributed by atoms with Gasteiger partial charge in [0.15, 0.2) is 0 Å². The molecule has 0 radical (unpaired) electrons. The van der Waals surface area contributed by atoms with E-state index in [1.54, 1.807) is 6.92 Å². The molecule has 22 heavy (non-hydrogen) atoms. The Balaban J connectivity index is 2.06. The van der Waals surface area contributed by atoms with E-state index in [0.29, 0.717) is 5.76 Å². The number of aryl methyl sites for hydroxylation is 2. The van der Waals surface area contributed by atoms with E-state index in [4.69, 9.17) is 4.42 Å². The van der Waals surface area contributed by atoms with Gasteiger partial charge in [0.05, 0.1) is 11.9 Å². The van der Waals surface area contributed by atoms with Crippen LogP contribution < -0.4 is 10.9 Å². The van der Waals surface area contributed by atoms with Gasteiger partial charge in [0.25, 0.3) is 11.5 Å². The summed E-state index contributed by atoms with van der Waals surface area (Å²) in [6.45, 7) is 3.65. The molecule has 0 aliphatic rings. The summed E-state index contributed by atoms with van der Waals surface area (Å²) in [6.07, 6.45) is 2.05. The van der Waals surface area contributed by atoms with Crippen molar-refractivity contribution in [2.24, 2.45) is 0 Å². The number of hydrogen-bond donors (Lipinski definition) is 2. The van der Waals surface area contributed by atoms with E-state index in [-0.39, 0.29) is 22.6 Å². The van der Waals surface area contributed by atoms with Gasteiger partial charge in [0.2, 0.25) is 5.71 Å². The van der Waals surface area contributed by atoms with Crippen LogP contribution in [0.1, 0.15) is 28.6 Å². The maximum atomic E-state index is 12.6. The van der Waals surface area contributed by atoms with E-state index < -0.39 is 5.56 Å². The van der Waals surface area contributed by atoms with Crippen molar-refractivity contribution in [3.8, 4) is 0 Å². The zero-order valence-corrected chi connectivity index (χ0v) is 12.3. The lowest BCUT2D eigenvalue weighted by molar-refractivity contribution is 0.102. The van der Waals surface area contributed by atoms with Gasteiger partial charge in [-0.3, -0.25) is 9.59 Å². The molecule has 112 valence electrons. The fourth-order valence-electron chi connectivity index (χ4n) is 2.46. The Hall–Kier alpha value is -2.89. The Kier molecular flexibility index (Phi) is 3.50.